The molecule has 0 aromatic heterocycles. The summed E-state index contributed by atoms with van der Waals surface area (Å²) in [5, 5.41) is 0. The molecular formula is C62H111NO8P+. The maximum atomic E-state index is 12.7. The Bertz CT molecular complexity index is 1490. The Morgan fingerprint density at radius 2 is 0.833 bits per heavy atom. The number of esters is 2. The summed E-state index contributed by atoms with van der Waals surface area (Å²) in [5.74, 6) is -0.943. The second-order valence-electron chi connectivity index (χ2n) is 20.7. The Labute approximate surface area is 443 Å². The first-order valence-corrected chi connectivity index (χ1v) is 30.8. The van der Waals surface area contributed by atoms with Crippen molar-refractivity contribution < 1.29 is 42.1 Å². The number of phosphoric acid groups is 1. The van der Waals surface area contributed by atoms with Gasteiger partial charge in [0, 0.05) is 6.42 Å². The fourth-order valence-electron chi connectivity index (χ4n) is 7.95. The Morgan fingerprint density at radius 3 is 1.25 bits per heavy atom. The van der Waals surface area contributed by atoms with Gasteiger partial charge < -0.3 is 18.9 Å². The SMILES string of the molecule is CC/C=C\C/C=C\C/C=C\C/C=C\C/C=C\CC(=O)OC(COC(=O)CCCCCCCCCCCCCCCCCCCCCCC/C=C\C/C=C\CCCCCCC)COP(=O)(O)OCC[N+](C)(C)C. The van der Waals surface area contributed by atoms with E-state index in [4.69, 9.17) is 18.5 Å². The molecule has 0 rings (SSSR count). The molecule has 0 saturated heterocycles. The third kappa shape index (κ3) is 56.5. The summed E-state index contributed by atoms with van der Waals surface area (Å²) in [4.78, 5) is 35.5. The molecular weight excluding hydrogens is 918 g/mol. The van der Waals surface area contributed by atoms with Gasteiger partial charge in [-0.15, -0.1) is 0 Å². The fourth-order valence-corrected chi connectivity index (χ4v) is 8.69. The first kappa shape index (κ1) is 69.2. The van der Waals surface area contributed by atoms with Gasteiger partial charge >= 0.3 is 19.8 Å². The summed E-state index contributed by atoms with van der Waals surface area (Å²) in [7, 11) is 1.42. The van der Waals surface area contributed by atoms with Crippen LogP contribution in [0.2, 0.25) is 0 Å². The quantitative estimate of drug-likeness (QED) is 0.0211. The van der Waals surface area contributed by atoms with Crippen molar-refractivity contribution in [3.05, 3.63) is 85.1 Å². The van der Waals surface area contributed by atoms with E-state index in [-0.39, 0.29) is 26.1 Å². The van der Waals surface area contributed by atoms with Gasteiger partial charge in [0.25, 0.3) is 0 Å². The molecule has 0 fully saturated rings. The summed E-state index contributed by atoms with van der Waals surface area (Å²) < 4.78 is 34.3. The number of nitrogens with zero attached hydrogens (tertiary/aromatic N) is 1. The highest BCUT2D eigenvalue weighted by atomic mass is 31.2. The molecule has 2 unspecified atom stereocenters. The third-order valence-corrected chi connectivity index (χ3v) is 13.4. The Morgan fingerprint density at radius 1 is 0.458 bits per heavy atom. The topological polar surface area (TPSA) is 108 Å². The van der Waals surface area contributed by atoms with Crippen LogP contribution < -0.4 is 0 Å². The van der Waals surface area contributed by atoms with E-state index in [0.717, 1.165) is 51.4 Å². The number of hydrogen-bond donors (Lipinski definition) is 1. The maximum Gasteiger partial charge on any atom is 0.472 e. The van der Waals surface area contributed by atoms with Crippen LogP contribution >= 0.6 is 7.82 Å². The minimum atomic E-state index is -4.41. The van der Waals surface area contributed by atoms with E-state index in [1.165, 1.54) is 161 Å². The Hall–Kier alpha value is -2.81. The molecule has 9 nitrogen and oxygen atoms in total. The molecule has 0 aromatic carbocycles. The maximum absolute atomic E-state index is 12.7. The van der Waals surface area contributed by atoms with Gasteiger partial charge in [0.15, 0.2) is 6.10 Å². The van der Waals surface area contributed by atoms with Gasteiger partial charge in [0.05, 0.1) is 34.2 Å². The first-order chi connectivity index (χ1) is 35.0. The second kappa shape index (κ2) is 53.0. The van der Waals surface area contributed by atoms with E-state index in [1.54, 1.807) is 6.08 Å². The fraction of sp³-hybridized carbons (Fsp3) is 0.742. The zero-order chi connectivity index (χ0) is 52.7. The molecule has 0 spiro atoms. The Balaban J connectivity index is 4.06. The van der Waals surface area contributed by atoms with Gasteiger partial charge in [-0.1, -0.05) is 247 Å². The van der Waals surface area contributed by atoms with Gasteiger partial charge in [-0.05, 0) is 70.6 Å². The van der Waals surface area contributed by atoms with Crippen LogP contribution in [0.25, 0.3) is 0 Å². The van der Waals surface area contributed by atoms with E-state index >= 15 is 0 Å². The van der Waals surface area contributed by atoms with Crippen molar-refractivity contribution in [2.75, 3.05) is 47.5 Å². The highest BCUT2D eigenvalue weighted by Crippen LogP contribution is 2.43. The smallest absolute Gasteiger partial charge is 0.462 e. The standard InChI is InChI=1S/C62H110NO8P/c1-6-8-10-12-14-16-18-20-22-23-24-25-26-27-28-29-30-31-32-33-34-35-36-37-38-39-41-42-44-46-48-50-52-54-61(64)68-58-60(59-70-72(66,67)69-57-56-63(3,4)5)71-62(65)55-53-51-49-47-45-43-40-21-19-17-15-13-11-9-7-2/h9,11,15,17-18,20-21,23-24,40,45,47,51,53,60H,6-8,10,12-14,16,19,22,25-39,41-44,46,48-50,52,54-59H2,1-5H3/p+1/b11-9-,17-15-,20-18-,24-23-,40-21-,47-45-,53-51-. The highest BCUT2D eigenvalue weighted by molar-refractivity contribution is 7.47. The van der Waals surface area contributed by atoms with Gasteiger partial charge in [0.2, 0.25) is 0 Å². The van der Waals surface area contributed by atoms with Crippen LogP contribution in [0.5, 0.6) is 0 Å². The van der Waals surface area contributed by atoms with Crippen molar-refractivity contribution in [2.45, 2.75) is 251 Å². The largest absolute Gasteiger partial charge is 0.472 e. The molecule has 1 N–H and O–H groups in total. The molecule has 0 aromatic rings. The van der Waals surface area contributed by atoms with Crippen LogP contribution in [-0.4, -0.2) is 74.9 Å². The van der Waals surface area contributed by atoms with E-state index in [1.807, 2.05) is 33.3 Å². The molecule has 10 heteroatoms. The normalized spacial score (nSPS) is 13.9. The van der Waals surface area contributed by atoms with E-state index in [2.05, 4.69) is 80.7 Å². The van der Waals surface area contributed by atoms with Crippen LogP contribution in [0.4, 0.5) is 0 Å². The summed E-state index contributed by atoms with van der Waals surface area (Å²) >= 11 is 0. The Kier molecular flexibility index (Phi) is 51.0. The average Bonchev–Trinajstić information content (AvgIpc) is 3.34. The molecule has 0 amide bonds. The number of quaternary nitrogens is 1. The van der Waals surface area contributed by atoms with Crippen LogP contribution in [0.1, 0.15) is 245 Å². The van der Waals surface area contributed by atoms with Gasteiger partial charge in [-0.3, -0.25) is 18.6 Å². The molecule has 0 aliphatic carbocycles. The second-order valence-corrected chi connectivity index (χ2v) is 22.1. The number of ether oxygens (including phenoxy) is 2. The number of likely N-dealkylation sites (N-methyl/N-ethyl adjacent to an activating group) is 1. The van der Waals surface area contributed by atoms with Crippen LogP contribution in [0, 0.1) is 0 Å². The number of carbonyl (C=O) groups is 2. The monoisotopic (exact) mass is 1030 g/mol. The zero-order valence-electron chi connectivity index (χ0n) is 47.1. The number of unbranched alkanes of at least 4 members (excludes halogenated alkanes) is 26. The van der Waals surface area contributed by atoms with Gasteiger partial charge in [0.1, 0.15) is 19.8 Å². The van der Waals surface area contributed by atoms with Crippen molar-refractivity contribution in [1.82, 2.24) is 0 Å². The number of carbonyl (C=O) groups excluding carboxylic acids is 2. The van der Waals surface area contributed by atoms with Crippen LogP contribution in [0.15, 0.2) is 85.1 Å². The summed E-state index contributed by atoms with van der Waals surface area (Å²) in [6.45, 7) is 4.20. The van der Waals surface area contributed by atoms with Gasteiger partial charge in [-0.25, -0.2) is 4.57 Å². The van der Waals surface area contributed by atoms with Crippen molar-refractivity contribution in [1.29, 1.82) is 0 Å². The number of rotatable bonds is 53. The van der Waals surface area contributed by atoms with E-state index in [0.29, 0.717) is 17.4 Å². The number of phosphoric ester groups is 1. The van der Waals surface area contributed by atoms with Gasteiger partial charge in [-0.2, -0.15) is 0 Å². The molecule has 0 heterocycles. The third-order valence-electron chi connectivity index (χ3n) is 12.4. The van der Waals surface area contributed by atoms with E-state index < -0.39 is 32.5 Å². The number of allylic oxidation sites excluding steroid dienone is 13. The lowest BCUT2D eigenvalue weighted by Crippen LogP contribution is -2.37. The lowest BCUT2D eigenvalue weighted by molar-refractivity contribution is -0.870. The summed E-state index contributed by atoms with van der Waals surface area (Å²) in [6, 6.07) is 0. The predicted molar refractivity (Wildman–Crippen MR) is 307 cm³/mol. The van der Waals surface area contributed by atoms with Crippen LogP contribution in [-0.2, 0) is 32.7 Å². The van der Waals surface area contributed by atoms with Crippen molar-refractivity contribution in [2.24, 2.45) is 0 Å². The van der Waals surface area contributed by atoms with Crippen molar-refractivity contribution in [3.63, 3.8) is 0 Å². The molecule has 416 valence electrons. The zero-order valence-corrected chi connectivity index (χ0v) is 48.0. The number of hydrogen-bond acceptors (Lipinski definition) is 7. The average molecular weight is 1030 g/mol. The first-order valence-electron chi connectivity index (χ1n) is 29.3. The minimum absolute atomic E-state index is 0.00655. The van der Waals surface area contributed by atoms with Crippen LogP contribution in [0.3, 0.4) is 0 Å². The predicted octanol–water partition coefficient (Wildman–Crippen LogP) is 18.3. The molecule has 0 aliphatic heterocycles. The lowest BCUT2D eigenvalue weighted by Gasteiger charge is -2.24. The van der Waals surface area contributed by atoms with E-state index in [9.17, 15) is 19.0 Å². The molecule has 0 saturated carbocycles. The molecule has 2 atom stereocenters. The summed E-state index contributed by atoms with van der Waals surface area (Å²) in [6.07, 6.45) is 71.4. The molecule has 0 radical (unpaired) electrons. The van der Waals surface area contributed by atoms with Crippen molar-refractivity contribution >= 4 is 19.8 Å². The van der Waals surface area contributed by atoms with Crippen molar-refractivity contribution in [3.8, 4) is 0 Å². The summed E-state index contributed by atoms with van der Waals surface area (Å²) in [5.41, 5.74) is 0. The minimum Gasteiger partial charge on any atom is -0.462 e. The lowest BCUT2D eigenvalue weighted by atomic mass is 10.0. The molecule has 0 aliphatic rings. The highest BCUT2D eigenvalue weighted by Gasteiger charge is 2.27. The molecule has 72 heavy (non-hydrogen) atoms. The molecule has 0 bridgehead atoms.